The van der Waals surface area contributed by atoms with Crippen molar-refractivity contribution < 1.29 is 0 Å². The van der Waals surface area contributed by atoms with Crippen LogP contribution in [0.2, 0.25) is 0 Å². The van der Waals surface area contributed by atoms with Gasteiger partial charge in [-0.15, -0.1) is 0 Å². The molecule has 0 rings (SSSR count). The fraction of sp³-hybridized carbons (Fsp3) is 1.00. The highest BCUT2D eigenvalue weighted by atomic mass is 33.1. The molecule has 2 heteroatoms. The Morgan fingerprint density at radius 1 is 1.00 bits per heavy atom. The van der Waals surface area contributed by atoms with Crippen molar-refractivity contribution >= 4 is 21.6 Å². The summed E-state index contributed by atoms with van der Waals surface area (Å²) in [5.41, 5.74) is 0. The van der Waals surface area contributed by atoms with Gasteiger partial charge in [0, 0.05) is 10.5 Å². The molecule has 0 saturated carbocycles. The standard InChI is InChI=1S/C10H22S2/c1-5-6-7-8-9-11-12-10(2,3)4/h5-9H2,1-4H3. The molecule has 74 valence electrons. The summed E-state index contributed by atoms with van der Waals surface area (Å²) in [6.07, 6.45) is 5.55. The van der Waals surface area contributed by atoms with Crippen LogP contribution in [0.3, 0.4) is 0 Å². The van der Waals surface area contributed by atoms with Crippen LogP contribution in [0.5, 0.6) is 0 Å². The Labute approximate surface area is 85.7 Å². The highest BCUT2D eigenvalue weighted by Crippen LogP contribution is 2.35. The molecule has 0 aliphatic rings. The van der Waals surface area contributed by atoms with Crippen LogP contribution in [0.1, 0.15) is 53.4 Å². The number of hydrogen-bond donors (Lipinski definition) is 0. The fourth-order valence-corrected chi connectivity index (χ4v) is 3.23. The largest absolute Gasteiger partial charge is 0.0936 e. The first-order chi connectivity index (χ1) is 5.56. The molecule has 0 unspecified atom stereocenters. The van der Waals surface area contributed by atoms with E-state index < -0.39 is 0 Å². The van der Waals surface area contributed by atoms with Crippen molar-refractivity contribution in [3.05, 3.63) is 0 Å². The maximum atomic E-state index is 2.27. The smallest absolute Gasteiger partial charge is 0.0179 e. The minimum absolute atomic E-state index is 0.426. The first-order valence-corrected chi connectivity index (χ1v) is 7.19. The summed E-state index contributed by atoms with van der Waals surface area (Å²) >= 11 is 0. The summed E-state index contributed by atoms with van der Waals surface area (Å²) in [7, 11) is 4.04. The van der Waals surface area contributed by atoms with Gasteiger partial charge in [0.25, 0.3) is 0 Å². The van der Waals surface area contributed by atoms with Crippen molar-refractivity contribution in [3.63, 3.8) is 0 Å². The Hall–Kier alpha value is 0.700. The number of hydrogen-bond acceptors (Lipinski definition) is 2. The molecule has 0 saturated heterocycles. The molecule has 0 aromatic heterocycles. The second-order valence-corrected chi connectivity index (χ2v) is 7.32. The van der Waals surface area contributed by atoms with Crippen molar-refractivity contribution in [2.45, 2.75) is 58.1 Å². The molecular weight excluding hydrogens is 184 g/mol. The molecule has 0 nitrogen and oxygen atoms in total. The quantitative estimate of drug-likeness (QED) is 0.454. The molecule has 0 fully saturated rings. The van der Waals surface area contributed by atoms with Gasteiger partial charge >= 0.3 is 0 Å². The molecule has 0 spiro atoms. The van der Waals surface area contributed by atoms with E-state index in [1.54, 1.807) is 0 Å². The highest BCUT2D eigenvalue weighted by Gasteiger charge is 2.09. The zero-order valence-corrected chi connectivity index (χ0v) is 10.5. The predicted octanol–water partition coefficient (Wildman–Crippen LogP) is 4.75. The monoisotopic (exact) mass is 206 g/mol. The second-order valence-electron chi connectivity index (χ2n) is 4.08. The Bertz CT molecular complexity index is 94.5. The van der Waals surface area contributed by atoms with E-state index in [1.807, 2.05) is 21.6 Å². The first-order valence-electron chi connectivity index (χ1n) is 4.87. The molecule has 0 aromatic carbocycles. The van der Waals surface area contributed by atoms with Crippen molar-refractivity contribution in [1.82, 2.24) is 0 Å². The van der Waals surface area contributed by atoms with Crippen LogP contribution in [-0.4, -0.2) is 10.5 Å². The lowest BCUT2D eigenvalue weighted by atomic mass is 10.2. The van der Waals surface area contributed by atoms with Crippen LogP contribution in [-0.2, 0) is 0 Å². The zero-order chi connectivity index (χ0) is 9.45. The lowest BCUT2D eigenvalue weighted by molar-refractivity contribution is 0.707. The van der Waals surface area contributed by atoms with E-state index in [1.165, 1.54) is 31.4 Å². The van der Waals surface area contributed by atoms with E-state index in [2.05, 4.69) is 27.7 Å². The van der Waals surface area contributed by atoms with E-state index in [0.29, 0.717) is 4.75 Å². The van der Waals surface area contributed by atoms with Gasteiger partial charge in [-0.1, -0.05) is 68.5 Å². The van der Waals surface area contributed by atoms with Gasteiger partial charge in [0.05, 0.1) is 0 Å². The third-order valence-corrected chi connectivity index (χ3v) is 4.82. The summed E-state index contributed by atoms with van der Waals surface area (Å²) in [4.78, 5) is 0. The van der Waals surface area contributed by atoms with E-state index in [9.17, 15) is 0 Å². The molecule has 0 bridgehead atoms. The Kier molecular flexibility index (Phi) is 7.55. The van der Waals surface area contributed by atoms with Crippen LogP contribution in [0.4, 0.5) is 0 Å². The minimum atomic E-state index is 0.426. The molecule has 0 aliphatic carbocycles. The number of unbranched alkanes of at least 4 members (excludes halogenated alkanes) is 3. The predicted molar refractivity (Wildman–Crippen MR) is 63.9 cm³/mol. The van der Waals surface area contributed by atoms with Crippen molar-refractivity contribution in [1.29, 1.82) is 0 Å². The summed E-state index contributed by atoms with van der Waals surface area (Å²) in [5, 5.41) is 0. The molecule has 0 aliphatic heterocycles. The van der Waals surface area contributed by atoms with Crippen LogP contribution in [0.15, 0.2) is 0 Å². The van der Waals surface area contributed by atoms with E-state index >= 15 is 0 Å². The van der Waals surface area contributed by atoms with Gasteiger partial charge in [0.15, 0.2) is 0 Å². The maximum Gasteiger partial charge on any atom is 0.0179 e. The van der Waals surface area contributed by atoms with E-state index in [-0.39, 0.29) is 0 Å². The number of rotatable bonds is 6. The van der Waals surface area contributed by atoms with Gasteiger partial charge in [-0.05, 0) is 6.42 Å². The summed E-state index contributed by atoms with van der Waals surface area (Å²) in [6.45, 7) is 9.08. The van der Waals surface area contributed by atoms with E-state index in [4.69, 9.17) is 0 Å². The fourth-order valence-electron chi connectivity index (χ4n) is 0.806. The minimum Gasteiger partial charge on any atom is -0.0936 e. The van der Waals surface area contributed by atoms with Crippen molar-refractivity contribution in [2.75, 3.05) is 5.75 Å². The SMILES string of the molecule is CCCCCCSSC(C)(C)C. The third-order valence-electron chi connectivity index (χ3n) is 1.39. The molecule has 0 N–H and O–H groups in total. The zero-order valence-electron chi connectivity index (χ0n) is 8.85. The summed E-state index contributed by atoms with van der Waals surface area (Å²) < 4.78 is 0.426. The first kappa shape index (κ1) is 12.7. The normalized spacial score (nSPS) is 12.0. The van der Waals surface area contributed by atoms with Crippen LogP contribution in [0.25, 0.3) is 0 Å². The van der Waals surface area contributed by atoms with Gasteiger partial charge in [-0.3, -0.25) is 0 Å². The highest BCUT2D eigenvalue weighted by molar-refractivity contribution is 8.77. The van der Waals surface area contributed by atoms with Crippen molar-refractivity contribution in [3.8, 4) is 0 Å². The lowest BCUT2D eigenvalue weighted by Crippen LogP contribution is -2.04. The van der Waals surface area contributed by atoms with Gasteiger partial charge in [-0.2, -0.15) is 0 Å². The summed E-state index contributed by atoms with van der Waals surface area (Å²) in [5.74, 6) is 1.32. The van der Waals surface area contributed by atoms with Crippen LogP contribution < -0.4 is 0 Å². The molecular formula is C10H22S2. The van der Waals surface area contributed by atoms with Gasteiger partial charge in [-0.25, -0.2) is 0 Å². The summed E-state index contributed by atoms with van der Waals surface area (Å²) in [6, 6.07) is 0. The average molecular weight is 206 g/mol. The Morgan fingerprint density at radius 2 is 1.67 bits per heavy atom. The molecule has 0 heterocycles. The van der Waals surface area contributed by atoms with Crippen LogP contribution >= 0.6 is 21.6 Å². The van der Waals surface area contributed by atoms with Crippen LogP contribution in [0, 0.1) is 0 Å². The molecule has 0 amide bonds. The lowest BCUT2D eigenvalue weighted by Gasteiger charge is -2.15. The Morgan fingerprint density at radius 3 is 2.17 bits per heavy atom. The van der Waals surface area contributed by atoms with Gasteiger partial charge in [0.1, 0.15) is 0 Å². The average Bonchev–Trinajstić information content (AvgIpc) is 1.94. The maximum absolute atomic E-state index is 2.27. The molecule has 0 atom stereocenters. The Balaban J connectivity index is 3.01. The third kappa shape index (κ3) is 10.7. The topological polar surface area (TPSA) is 0 Å². The van der Waals surface area contributed by atoms with Crippen molar-refractivity contribution in [2.24, 2.45) is 0 Å². The van der Waals surface area contributed by atoms with Gasteiger partial charge in [0.2, 0.25) is 0 Å². The second kappa shape index (κ2) is 7.14. The van der Waals surface area contributed by atoms with E-state index in [0.717, 1.165) is 0 Å². The molecule has 0 radical (unpaired) electrons. The van der Waals surface area contributed by atoms with Gasteiger partial charge < -0.3 is 0 Å². The molecule has 0 aromatic rings. The molecule has 12 heavy (non-hydrogen) atoms.